The summed E-state index contributed by atoms with van der Waals surface area (Å²) >= 11 is 0. The molecular weight excluding hydrogens is 350 g/mol. The Morgan fingerprint density at radius 3 is 2.38 bits per heavy atom. The Bertz CT molecular complexity index is 1110. The van der Waals surface area contributed by atoms with E-state index < -0.39 is 9.84 Å². The Kier molecular flexibility index (Phi) is 4.11. The maximum Gasteiger partial charge on any atom is 0.326 e. The molecule has 0 atom stereocenters. The van der Waals surface area contributed by atoms with Crippen LogP contribution in [-0.4, -0.2) is 37.3 Å². The van der Waals surface area contributed by atoms with Crippen molar-refractivity contribution in [2.24, 2.45) is 0 Å². The highest BCUT2D eigenvalue weighted by Crippen LogP contribution is 2.31. The summed E-state index contributed by atoms with van der Waals surface area (Å²) in [5, 5.41) is 0. The third-order valence-electron chi connectivity index (χ3n) is 5.06. The van der Waals surface area contributed by atoms with Crippen molar-refractivity contribution in [1.82, 2.24) is 9.55 Å². The van der Waals surface area contributed by atoms with Crippen LogP contribution in [0.15, 0.2) is 58.2 Å². The first-order valence-electron chi connectivity index (χ1n) is 8.68. The van der Waals surface area contributed by atoms with E-state index >= 15 is 0 Å². The van der Waals surface area contributed by atoms with Crippen molar-refractivity contribution in [3.8, 4) is 0 Å². The number of hydrogen-bond acceptors (Lipinski definition) is 4. The Morgan fingerprint density at radius 1 is 1.00 bits per heavy atom. The molecule has 7 heteroatoms. The maximum absolute atomic E-state index is 12.4. The number of fused-ring (bicyclic) bond motifs is 1. The predicted molar refractivity (Wildman–Crippen MR) is 103 cm³/mol. The second-order valence-corrected chi connectivity index (χ2v) is 8.76. The van der Waals surface area contributed by atoms with E-state index in [0.717, 1.165) is 29.6 Å². The van der Waals surface area contributed by atoms with E-state index in [0.29, 0.717) is 18.0 Å². The molecule has 1 aliphatic heterocycles. The number of hydrogen-bond donors (Lipinski definition) is 1. The van der Waals surface area contributed by atoms with Gasteiger partial charge in [-0.25, -0.2) is 13.2 Å². The molecule has 0 unspecified atom stereocenters. The van der Waals surface area contributed by atoms with Crippen LogP contribution in [0.1, 0.15) is 18.9 Å². The number of sulfone groups is 1. The van der Waals surface area contributed by atoms with Gasteiger partial charge < -0.3 is 9.88 Å². The molecule has 1 N–H and O–H groups in total. The summed E-state index contributed by atoms with van der Waals surface area (Å²) in [7, 11) is -3.28. The molecule has 1 saturated heterocycles. The van der Waals surface area contributed by atoms with Crippen LogP contribution in [0.4, 0.5) is 5.69 Å². The Balaban J connectivity index is 1.61. The van der Waals surface area contributed by atoms with Gasteiger partial charge in [-0.2, -0.15) is 0 Å². The second kappa shape index (κ2) is 6.32. The first-order valence-corrected chi connectivity index (χ1v) is 10.6. The minimum atomic E-state index is -3.28. The number of benzene rings is 2. The van der Waals surface area contributed by atoms with Crippen molar-refractivity contribution in [1.29, 1.82) is 0 Å². The van der Waals surface area contributed by atoms with E-state index in [1.165, 1.54) is 6.26 Å². The topological polar surface area (TPSA) is 75.2 Å². The van der Waals surface area contributed by atoms with Crippen LogP contribution in [0.5, 0.6) is 0 Å². The fourth-order valence-electron chi connectivity index (χ4n) is 3.83. The molecule has 3 aromatic rings. The summed E-state index contributed by atoms with van der Waals surface area (Å²) in [6.07, 6.45) is 2.82. The third-order valence-corrected chi connectivity index (χ3v) is 6.20. The summed E-state index contributed by atoms with van der Waals surface area (Å²) in [5.41, 5.74) is 2.44. The minimum Gasteiger partial charge on any atom is -0.370 e. The number of nitrogens with one attached hydrogen (secondary N) is 1. The van der Waals surface area contributed by atoms with Crippen LogP contribution in [0.3, 0.4) is 0 Å². The first kappa shape index (κ1) is 16.9. The molecule has 1 aliphatic rings. The van der Waals surface area contributed by atoms with Crippen molar-refractivity contribution >= 4 is 26.6 Å². The molecule has 6 nitrogen and oxygen atoms in total. The minimum absolute atomic E-state index is 0.0822. The average Bonchev–Trinajstić information content (AvgIpc) is 2.97. The van der Waals surface area contributed by atoms with Gasteiger partial charge in [-0.3, -0.25) is 4.57 Å². The van der Waals surface area contributed by atoms with E-state index in [4.69, 9.17) is 0 Å². The normalized spacial score (nSPS) is 16.3. The van der Waals surface area contributed by atoms with Crippen LogP contribution in [0, 0.1) is 0 Å². The smallest absolute Gasteiger partial charge is 0.326 e. The lowest BCUT2D eigenvalue weighted by Crippen LogP contribution is -2.37. The zero-order chi connectivity index (χ0) is 18.3. The fourth-order valence-corrected chi connectivity index (χ4v) is 4.74. The zero-order valence-corrected chi connectivity index (χ0v) is 15.4. The third kappa shape index (κ3) is 2.92. The van der Waals surface area contributed by atoms with Gasteiger partial charge in [0.2, 0.25) is 0 Å². The molecule has 0 saturated carbocycles. The molecule has 0 amide bonds. The highest BCUT2D eigenvalue weighted by atomic mass is 32.2. The number of aromatic amines is 1. The molecule has 0 spiro atoms. The van der Waals surface area contributed by atoms with Crippen molar-refractivity contribution in [3.05, 3.63) is 59.0 Å². The molecule has 0 bridgehead atoms. The van der Waals surface area contributed by atoms with Crippen molar-refractivity contribution < 1.29 is 8.42 Å². The van der Waals surface area contributed by atoms with Crippen molar-refractivity contribution in [2.45, 2.75) is 23.8 Å². The van der Waals surface area contributed by atoms with E-state index in [1.54, 1.807) is 12.1 Å². The number of imidazole rings is 1. The highest BCUT2D eigenvalue weighted by molar-refractivity contribution is 7.90. The van der Waals surface area contributed by atoms with Crippen LogP contribution in [0.25, 0.3) is 11.0 Å². The Morgan fingerprint density at radius 2 is 1.65 bits per heavy atom. The lowest BCUT2D eigenvalue weighted by molar-refractivity contribution is 0.396. The number of anilines is 1. The van der Waals surface area contributed by atoms with Crippen molar-refractivity contribution in [2.75, 3.05) is 24.2 Å². The molecular formula is C19H21N3O3S. The number of aromatic nitrogens is 2. The largest absolute Gasteiger partial charge is 0.370 e. The second-order valence-electron chi connectivity index (χ2n) is 6.78. The fraction of sp³-hybridized carbons (Fsp3) is 0.316. The Labute approximate surface area is 152 Å². The molecule has 4 rings (SSSR count). The summed E-state index contributed by atoms with van der Waals surface area (Å²) < 4.78 is 26.0. The first-order chi connectivity index (χ1) is 12.4. The summed E-state index contributed by atoms with van der Waals surface area (Å²) in [5.74, 6) is 0. The van der Waals surface area contributed by atoms with Gasteiger partial charge in [0.05, 0.1) is 21.6 Å². The summed E-state index contributed by atoms with van der Waals surface area (Å²) in [6.45, 7) is 1.42. The molecule has 26 heavy (non-hydrogen) atoms. The van der Waals surface area contributed by atoms with Crippen LogP contribution in [0.2, 0.25) is 0 Å². The number of nitrogens with zero attached hydrogens (tertiary/aromatic N) is 2. The Hall–Kier alpha value is -2.54. The summed E-state index contributed by atoms with van der Waals surface area (Å²) in [4.78, 5) is 17.8. The average molecular weight is 371 g/mol. The van der Waals surface area contributed by atoms with Gasteiger partial charge in [0, 0.05) is 25.4 Å². The molecule has 1 fully saturated rings. The van der Waals surface area contributed by atoms with E-state index in [-0.39, 0.29) is 11.7 Å². The van der Waals surface area contributed by atoms with E-state index in [9.17, 15) is 13.2 Å². The zero-order valence-electron chi connectivity index (χ0n) is 14.6. The van der Waals surface area contributed by atoms with Gasteiger partial charge in [-0.05, 0) is 37.1 Å². The van der Waals surface area contributed by atoms with Crippen molar-refractivity contribution in [3.63, 3.8) is 0 Å². The highest BCUT2D eigenvalue weighted by Gasteiger charge is 2.26. The van der Waals surface area contributed by atoms with Gasteiger partial charge in [-0.15, -0.1) is 0 Å². The number of para-hydroxylation sites is 3. The van der Waals surface area contributed by atoms with E-state index in [1.807, 2.05) is 41.0 Å². The molecule has 1 aromatic heterocycles. The van der Waals surface area contributed by atoms with Crippen LogP contribution >= 0.6 is 0 Å². The lowest BCUT2D eigenvalue weighted by atomic mass is 10.0. The van der Waals surface area contributed by atoms with Crippen LogP contribution in [-0.2, 0) is 9.84 Å². The maximum atomic E-state index is 12.4. The van der Waals surface area contributed by atoms with Gasteiger partial charge in [0.15, 0.2) is 9.84 Å². The molecule has 0 aliphatic carbocycles. The number of piperidine rings is 1. The van der Waals surface area contributed by atoms with E-state index in [2.05, 4.69) is 9.88 Å². The molecule has 2 heterocycles. The lowest BCUT2D eigenvalue weighted by Gasteiger charge is -2.35. The van der Waals surface area contributed by atoms with Crippen LogP contribution < -0.4 is 10.6 Å². The number of H-pyrrole nitrogens is 1. The SMILES string of the molecule is CS(=O)(=O)c1ccccc1N1CCC(n2c(=O)[nH]c3ccccc32)CC1. The van der Waals surface area contributed by atoms with Gasteiger partial charge >= 0.3 is 5.69 Å². The summed E-state index contributed by atoms with van der Waals surface area (Å²) in [6, 6.07) is 14.9. The monoisotopic (exact) mass is 371 g/mol. The molecule has 0 radical (unpaired) electrons. The number of rotatable bonds is 3. The van der Waals surface area contributed by atoms with Gasteiger partial charge in [-0.1, -0.05) is 24.3 Å². The van der Waals surface area contributed by atoms with Gasteiger partial charge in [0.1, 0.15) is 0 Å². The standard InChI is InChI=1S/C19H21N3O3S/c1-26(24,25)18-9-5-4-8-17(18)21-12-10-14(11-13-21)22-16-7-3-2-6-15(16)20-19(22)23/h2-9,14H,10-13H2,1H3,(H,20,23). The molecule has 2 aromatic carbocycles. The molecule has 136 valence electrons. The predicted octanol–water partition coefficient (Wildman–Crippen LogP) is 2.57. The van der Waals surface area contributed by atoms with Gasteiger partial charge in [0.25, 0.3) is 0 Å². The quantitative estimate of drug-likeness (QED) is 0.768.